The average molecular weight is 332 g/mol. The molecule has 1 N–H and O–H groups in total. The topological polar surface area (TPSA) is 67.3 Å². The van der Waals surface area contributed by atoms with Gasteiger partial charge in [-0.15, -0.1) is 0 Å². The van der Waals surface area contributed by atoms with E-state index in [2.05, 4.69) is 15.3 Å². The predicted octanol–water partition coefficient (Wildman–Crippen LogP) is 2.37. The van der Waals surface area contributed by atoms with Crippen LogP contribution in [-0.4, -0.2) is 40.4 Å². The van der Waals surface area contributed by atoms with E-state index in [4.69, 9.17) is 4.74 Å². The molecule has 0 aliphatic carbocycles. The van der Waals surface area contributed by atoms with Gasteiger partial charge in [-0.1, -0.05) is 6.07 Å². The molecule has 0 aliphatic heterocycles. The molecule has 7 heteroatoms. The third-order valence-electron chi connectivity index (χ3n) is 3.37. The SMILES string of the molecule is CCN(CCNCc1cncc(Oc2cccc(F)c2)n1)C(C)=O. The quantitative estimate of drug-likeness (QED) is 0.752. The molecule has 1 amide bonds. The Morgan fingerprint density at radius 3 is 2.92 bits per heavy atom. The number of amides is 1. The predicted molar refractivity (Wildman–Crippen MR) is 88.1 cm³/mol. The van der Waals surface area contributed by atoms with E-state index in [-0.39, 0.29) is 11.7 Å². The lowest BCUT2D eigenvalue weighted by molar-refractivity contribution is -0.128. The van der Waals surface area contributed by atoms with Crippen molar-refractivity contribution in [3.63, 3.8) is 0 Å². The van der Waals surface area contributed by atoms with Crippen molar-refractivity contribution in [2.24, 2.45) is 0 Å². The van der Waals surface area contributed by atoms with Crippen molar-refractivity contribution in [2.75, 3.05) is 19.6 Å². The van der Waals surface area contributed by atoms with Gasteiger partial charge in [-0.2, -0.15) is 0 Å². The lowest BCUT2D eigenvalue weighted by Crippen LogP contribution is -2.35. The molecule has 24 heavy (non-hydrogen) atoms. The summed E-state index contributed by atoms with van der Waals surface area (Å²) in [7, 11) is 0. The number of halogens is 1. The van der Waals surface area contributed by atoms with Crippen LogP contribution < -0.4 is 10.1 Å². The van der Waals surface area contributed by atoms with E-state index >= 15 is 0 Å². The minimum absolute atomic E-state index is 0.0598. The Kier molecular flexibility index (Phi) is 6.62. The smallest absolute Gasteiger partial charge is 0.238 e. The Balaban J connectivity index is 1.85. The maximum atomic E-state index is 13.2. The van der Waals surface area contributed by atoms with Crippen LogP contribution in [0.3, 0.4) is 0 Å². The van der Waals surface area contributed by atoms with Gasteiger partial charge in [-0.3, -0.25) is 9.78 Å². The van der Waals surface area contributed by atoms with E-state index in [0.29, 0.717) is 43.5 Å². The first-order valence-electron chi connectivity index (χ1n) is 7.79. The summed E-state index contributed by atoms with van der Waals surface area (Å²) in [6, 6.07) is 5.85. The number of aromatic nitrogens is 2. The van der Waals surface area contributed by atoms with Gasteiger partial charge < -0.3 is 15.0 Å². The minimum Gasteiger partial charge on any atom is -0.437 e. The number of benzene rings is 1. The fourth-order valence-electron chi connectivity index (χ4n) is 2.14. The molecule has 2 rings (SSSR count). The molecule has 0 atom stereocenters. The van der Waals surface area contributed by atoms with Gasteiger partial charge >= 0.3 is 0 Å². The molecule has 2 aromatic rings. The fraction of sp³-hybridized carbons (Fsp3) is 0.353. The Bertz CT molecular complexity index is 681. The van der Waals surface area contributed by atoms with Crippen molar-refractivity contribution >= 4 is 5.91 Å². The minimum atomic E-state index is -0.371. The van der Waals surface area contributed by atoms with E-state index in [1.807, 2.05) is 6.92 Å². The number of carbonyl (C=O) groups excluding carboxylic acids is 1. The zero-order valence-corrected chi connectivity index (χ0v) is 13.8. The highest BCUT2D eigenvalue weighted by atomic mass is 19.1. The van der Waals surface area contributed by atoms with E-state index in [1.54, 1.807) is 30.2 Å². The molecule has 128 valence electrons. The third-order valence-corrected chi connectivity index (χ3v) is 3.37. The van der Waals surface area contributed by atoms with Gasteiger partial charge in [0.1, 0.15) is 11.6 Å². The Morgan fingerprint density at radius 1 is 1.38 bits per heavy atom. The van der Waals surface area contributed by atoms with Crippen molar-refractivity contribution in [1.82, 2.24) is 20.2 Å². The fourth-order valence-corrected chi connectivity index (χ4v) is 2.14. The molecular formula is C17H21FN4O2. The molecular weight excluding hydrogens is 311 g/mol. The molecule has 0 spiro atoms. The number of carbonyl (C=O) groups is 1. The Hall–Kier alpha value is -2.54. The highest BCUT2D eigenvalue weighted by molar-refractivity contribution is 5.73. The van der Waals surface area contributed by atoms with Gasteiger partial charge in [0.15, 0.2) is 0 Å². The Morgan fingerprint density at radius 2 is 2.21 bits per heavy atom. The maximum absolute atomic E-state index is 13.2. The summed E-state index contributed by atoms with van der Waals surface area (Å²) in [6.07, 6.45) is 3.11. The number of likely N-dealkylation sites (N-methyl/N-ethyl adjacent to an activating group) is 1. The van der Waals surface area contributed by atoms with E-state index in [9.17, 15) is 9.18 Å². The maximum Gasteiger partial charge on any atom is 0.238 e. The van der Waals surface area contributed by atoms with Gasteiger partial charge in [0.25, 0.3) is 0 Å². The summed E-state index contributed by atoms with van der Waals surface area (Å²) < 4.78 is 18.7. The molecule has 0 bridgehead atoms. The van der Waals surface area contributed by atoms with Crippen LogP contribution >= 0.6 is 0 Å². The second-order valence-corrected chi connectivity index (χ2v) is 5.18. The van der Waals surface area contributed by atoms with Crippen molar-refractivity contribution in [3.8, 4) is 11.6 Å². The zero-order chi connectivity index (χ0) is 17.4. The summed E-state index contributed by atoms with van der Waals surface area (Å²) in [5.41, 5.74) is 0.703. The second kappa shape index (κ2) is 8.93. The van der Waals surface area contributed by atoms with Gasteiger partial charge in [0.2, 0.25) is 11.8 Å². The van der Waals surface area contributed by atoms with Crippen LogP contribution in [0, 0.1) is 5.82 Å². The van der Waals surface area contributed by atoms with E-state index < -0.39 is 0 Å². The second-order valence-electron chi connectivity index (χ2n) is 5.18. The van der Waals surface area contributed by atoms with Crippen molar-refractivity contribution in [1.29, 1.82) is 0 Å². The van der Waals surface area contributed by atoms with Gasteiger partial charge in [0.05, 0.1) is 11.9 Å². The van der Waals surface area contributed by atoms with E-state index in [0.717, 1.165) is 0 Å². The zero-order valence-electron chi connectivity index (χ0n) is 13.8. The standard InChI is InChI=1S/C17H21FN4O2/c1-3-22(13(2)23)8-7-19-10-15-11-20-12-17(21-15)24-16-6-4-5-14(18)9-16/h4-6,9,11-12,19H,3,7-8,10H2,1-2H3. The monoisotopic (exact) mass is 332 g/mol. The average Bonchev–Trinajstić information content (AvgIpc) is 2.55. The highest BCUT2D eigenvalue weighted by Crippen LogP contribution is 2.19. The number of hydrogen-bond acceptors (Lipinski definition) is 5. The van der Waals surface area contributed by atoms with Gasteiger partial charge in [-0.05, 0) is 19.1 Å². The lowest BCUT2D eigenvalue weighted by atomic mass is 10.3. The number of nitrogens with one attached hydrogen (secondary N) is 1. The first kappa shape index (κ1) is 17.8. The Labute approximate surface area is 140 Å². The molecule has 0 radical (unpaired) electrons. The third kappa shape index (κ3) is 5.58. The van der Waals surface area contributed by atoms with Crippen LogP contribution in [0.1, 0.15) is 19.5 Å². The van der Waals surface area contributed by atoms with Crippen LogP contribution in [0.15, 0.2) is 36.7 Å². The largest absolute Gasteiger partial charge is 0.437 e. The van der Waals surface area contributed by atoms with Crippen LogP contribution in [-0.2, 0) is 11.3 Å². The lowest BCUT2D eigenvalue weighted by Gasteiger charge is -2.18. The van der Waals surface area contributed by atoms with Crippen molar-refractivity contribution in [2.45, 2.75) is 20.4 Å². The highest BCUT2D eigenvalue weighted by Gasteiger charge is 2.06. The number of hydrogen-bond donors (Lipinski definition) is 1. The number of ether oxygens (including phenoxy) is 1. The number of nitrogens with zero attached hydrogens (tertiary/aromatic N) is 3. The van der Waals surface area contributed by atoms with Gasteiger partial charge in [0, 0.05) is 45.4 Å². The molecule has 0 unspecified atom stereocenters. The molecule has 6 nitrogen and oxygen atoms in total. The molecule has 0 fully saturated rings. The van der Waals surface area contributed by atoms with E-state index in [1.165, 1.54) is 18.3 Å². The molecule has 0 saturated heterocycles. The first-order chi connectivity index (χ1) is 11.6. The van der Waals surface area contributed by atoms with Gasteiger partial charge in [-0.25, -0.2) is 9.37 Å². The summed E-state index contributed by atoms with van der Waals surface area (Å²) in [4.78, 5) is 21.5. The van der Waals surface area contributed by atoms with Crippen LogP contribution in [0.25, 0.3) is 0 Å². The normalized spacial score (nSPS) is 10.5. The summed E-state index contributed by atoms with van der Waals surface area (Å²) in [5, 5.41) is 3.21. The van der Waals surface area contributed by atoms with Crippen molar-refractivity contribution in [3.05, 3.63) is 48.2 Å². The summed E-state index contributed by atoms with van der Waals surface area (Å²) in [6.45, 7) is 5.99. The molecule has 1 heterocycles. The summed E-state index contributed by atoms with van der Waals surface area (Å²) >= 11 is 0. The first-order valence-corrected chi connectivity index (χ1v) is 7.79. The molecule has 0 aliphatic rings. The van der Waals surface area contributed by atoms with Crippen LogP contribution in [0.5, 0.6) is 11.6 Å². The number of rotatable bonds is 8. The van der Waals surface area contributed by atoms with Crippen molar-refractivity contribution < 1.29 is 13.9 Å². The molecule has 1 aromatic carbocycles. The summed E-state index contributed by atoms with van der Waals surface area (Å²) in [5.74, 6) is 0.363. The van der Waals surface area contributed by atoms with Crippen LogP contribution in [0.4, 0.5) is 4.39 Å². The molecule has 1 aromatic heterocycles. The molecule has 0 saturated carbocycles. The van der Waals surface area contributed by atoms with Crippen LogP contribution in [0.2, 0.25) is 0 Å².